The van der Waals surface area contributed by atoms with Crippen LogP contribution in [0.1, 0.15) is 17.3 Å². The topological polar surface area (TPSA) is 54.0 Å². The number of hydrogen-bond acceptors (Lipinski definition) is 3. The van der Waals surface area contributed by atoms with E-state index in [2.05, 4.69) is 38.2 Å². The Bertz CT molecular complexity index is 634. The molecule has 0 bridgehead atoms. The van der Waals surface area contributed by atoms with E-state index >= 15 is 0 Å². The fourth-order valence-electron chi connectivity index (χ4n) is 1.70. The molecule has 1 heterocycles. The van der Waals surface area contributed by atoms with E-state index in [0.717, 1.165) is 15.8 Å². The minimum atomic E-state index is -0.239. The van der Waals surface area contributed by atoms with Crippen molar-refractivity contribution in [1.82, 2.24) is 4.98 Å². The van der Waals surface area contributed by atoms with E-state index in [-0.39, 0.29) is 5.91 Å². The molecule has 2 rings (SSSR count). The number of carbonyl (C=O) groups is 1. The van der Waals surface area contributed by atoms with Crippen LogP contribution < -0.4 is 10.6 Å². The molecule has 104 valence electrons. The fourth-order valence-corrected chi connectivity index (χ4v) is 2.60. The second kappa shape index (κ2) is 6.90. The van der Waals surface area contributed by atoms with Crippen molar-refractivity contribution in [1.29, 1.82) is 0 Å². The van der Waals surface area contributed by atoms with Crippen molar-refractivity contribution in [2.45, 2.75) is 6.92 Å². The van der Waals surface area contributed by atoms with Gasteiger partial charge in [-0.15, -0.1) is 0 Å². The Morgan fingerprint density at radius 1 is 1.35 bits per heavy atom. The van der Waals surface area contributed by atoms with Gasteiger partial charge in [0.2, 0.25) is 0 Å². The molecule has 0 spiro atoms. The molecule has 0 saturated carbocycles. The van der Waals surface area contributed by atoms with Crippen LogP contribution in [0.25, 0.3) is 0 Å². The molecular weight excluding hydrogens is 389 g/mol. The van der Waals surface area contributed by atoms with Gasteiger partial charge in [-0.1, -0.05) is 11.6 Å². The number of halogens is 2. The van der Waals surface area contributed by atoms with Crippen molar-refractivity contribution >= 4 is 51.5 Å². The molecule has 0 aliphatic rings. The van der Waals surface area contributed by atoms with Crippen LogP contribution in [-0.4, -0.2) is 17.4 Å². The SMILES string of the molecule is CCNc1ccncc1C(=O)Nc1ccc(I)cc1Cl. The van der Waals surface area contributed by atoms with E-state index in [0.29, 0.717) is 16.3 Å². The minimum absolute atomic E-state index is 0.239. The minimum Gasteiger partial charge on any atom is -0.385 e. The summed E-state index contributed by atoms with van der Waals surface area (Å²) in [7, 11) is 0. The lowest BCUT2D eigenvalue weighted by atomic mass is 10.2. The average molecular weight is 402 g/mol. The third-order valence-corrected chi connectivity index (χ3v) is 3.60. The molecule has 0 unspecified atom stereocenters. The van der Waals surface area contributed by atoms with E-state index in [1.54, 1.807) is 24.4 Å². The zero-order valence-electron chi connectivity index (χ0n) is 10.8. The predicted molar refractivity (Wildman–Crippen MR) is 90.5 cm³/mol. The first kappa shape index (κ1) is 15.1. The van der Waals surface area contributed by atoms with E-state index in [1.165, 1.54) is 6.20 Å². The maximum absolute atomic E-state index is 12.3. The number of rotatable bonds is 4. The highest BCUT2D eigenvalue weighted by Crippen LogP contribution is 2.25. The van der Waals surface area contributed by atoms with Crippen molar-refractivity contribution in [3.63, 3.8) is 0 Å². The highest BCUT2D eigenvalue weighted by atomic mass is 127. The van der Waals surface area contributed by atoms with Crippen molar-refractivity contribution in [2.75, 3.05) is 17.2 Å². The first-order valence-electron chi connectivity index (χ1n) is 6.06. The molecule has 0 radical (unpaired) electrons. The normalized spacial score (nSPS) is 10.2. The Balaban J connectivity index is 2.24. The molecule has 0 atom stereocenters. The lowest BCUT2D eigenvalue weighted by molar-refractivity contribution is 0.102. The second-order valence-electron chi connectivity index (χ2n) is 4.03. The van der Waals surface area contributed by atoms with Crippen LogP contribution >= 0.6 is 34.2 Å². The largest absolute Gasteiger partial charge is 0.385 e. The van der Waals surface area contributed by atoms with Gasteiger partial charge in [-0.2, -0.15) is 0 Å². The molecule has 1 aromatic carbocycles. The number of aromatic nitrogens is 1. The van der Waals surface area contributed by atoms with Crippen LogP contribution in [0.15, 0.2) is 36.7 Å². The second-order valence-corrected chi connectivity index (χ2v) is 5.68. The predicted octanol–water partition coefficient (Wildman–Crippen LogP) is 4.02. The van der Waals surface area contributed by atoms with Gasteiger partial charge in [0.15, 0.2) is 0 Å². The number of benzene rings is 1. The molecule has 0 aliphatic carbocycles. The number of anilines is 2. The van der Waals surface area contributed by atoms with Crippen LogP contribution in [0.2, 0.25) is 5.02 Å². The molecule has 20 heavy (non-hydrogen) atoms. The summed E-state index contributed by atoms with van der Waals surface area (Å²) < 4.78 is 1.01. The van der Waals surface area contributed by atoms with Gasteiger partial charge in [-0.3, -0.25) is 9.78 Å². The Kier molecular flexibility index (Phi) is 5.19. The summed E-state index contributed by atoms with van der Waals surface area (Å²) in [5.74, 6) is -0.239. The van der Waals surface area contributed by atoms with Crippen LogP contribution in [0, 0.1) is 3.57 Å². The summed E-state index contributed by atoms with van der Waals surface area (Å²) in [5, 5.41) is 6.44. The monoisotopic (exact) mass is 401 g/mol. The third kappa shape index (κ3) is 3.61. The summed E-state index contributed by atoms with van der Waals surface area (Å²) in [6.07, 6.45) is 3.18. The molecule has 4 nitrogen and oxygen atoms in total. The lowest BCUT2D eigenvalue weighted by Gasteiger charge is -2.11. The van der Waals surface area contributed by atoms with Gasteiger partial charge >= 0.3 is 0 Å². The Labute approximate surface area is 136 Å². The molecule has 2 aromatic rings. The number of nitrogens with zero attached hydrogens (tertiary/aromatic N) is 1. The van der Waals surface area contributed by atoms with Gasteiger partial charge in [0.1, 0.15) is 0 Å². The molecule has 1 amide bonds. The van der Waals surface area contributed by atoms with Crippen molar-refractivity contribution < 1.29 is 4.79 Å². The Hall–Kier alpha value is -1.34. The van der Waals surface area contributed by atoms with Crippen molar-refractivity contribution in [3.05, 3.63) is 50.8 Å². The van der Waals surface area contributed by atoms with Crippen LogP contribution in [0.4, 0.5) is 11.4 Å². The summed E-state index contributed by atoms with van der Waals surface area (Å²) in [6, 6.07) is 7.24. The van der Waals surface area contributed by atoms with Gasteiger partial charge in [0, 0.05) is 22.5 Å². The van der Waals surface area contributed by atoms with E-state index in [9.17, 15) is 4.79 Å². The fraction of sp³-hybridized carbons (Fsp3) is 0.143. The van der Waals surface area contributed by atoms with Crippen molar-refractivity contribution in [3.8, 4) is 0 Å². The van der Waals surface area contributed by atoms with E-state index in [4.69, 9.17) is 11.6 Å². The van der Waals surface area contributed by atoms with Gasteiger partial charge in [-0.05, 0) is 53.8 Å². The van der Waals surface area contributed by atoms with Crippen LogP contribution in [0.3, 0.4) is 0 Å². The summed E-state index contributed by atoms with van der Waals surface area (Å²) in [4.78, 5) is 16.3. The van der Waals surface area contributed by atoms with E-state index < -0.39 is 0 Å². The maximum atomic E-state index is 12.3. The summed E-state index contributed by atoms with van der Waals surface area (Å²) in [5.41, 5.74) is 1.83. The zero-order valence-corrected chi connectivity index (χ0v) is 13.7. The quantitative estimate of drug-likeness (QED) is 0.761. The van der Waals surface area contributed by atoms with Crippen LogP contribution in [0.5, 0.6) is 0 Å². The van der Waals surface area contributed by atoms with Crippen LogP contribution in [-0.2, 0) is 0 Å². The molecule has 2 N–H and O–H groups in total. The number of hydrogen-bond donors (Lipinski definition) is 2. The van der Waals surface area contributed by atoms with E-state index in [1.807, 2.05) is 13.0 Å². The molecular formula is C14H13ClIN3O. The summed E-state index contributed by atoms with van der Waals surface area (Å²) >= 11 is 8.28. The number of carbonyl (C=O) groups excluding carboxylic acids is 1. The molecule has 1 aromatic heterocycles. The highest BCUT2D eigenvalue weighted by Gasteiger charge is 2.13. The summed E-state index contributed by atoms with van der Waals surface area (Å²) in [6.45, 7) is 2.70. The van der Waals surface area contributed by atoms with Gasteiger partial charge < -0.3 is 10.6 Å². The smallest absolute Gasteiger partial charge is 0.259 e. The molecule has 6 heteroatoms. The number of amides is 1. The van der Waals surface area contributed by atoms with Gasteiger partial charge in [-0.25, -0.2) is 0 Å². The van der Waals surface area contributed by atoms with Gasteiger partial charge in [0.05, 0.1) is 22.0 Å². The molecule has 0 aliphatic heterocycles. The molecule has 0 fully saturated rings. The average Bonchev–Trinajstić information content (AvgIpc) is 2.43. The zero-order chi connectivity index (χ0) is 14.5. The van der Waals surface area contributed by atoms with Gasteiger partial charge in [0.25, 0.3) is 5.91 Å². The lowest BCUT2D eigenvalue weighted by Crippen LogP contribution is -2.15. The standard InChI is InChI=1S/C14H13ClIN3O/c1-2-18-12-5-6-17-8-10(12)14(20)19-13-4-3-9(16)7-11(13)15/h3-8H,2H2,1H3,(H,17,18)(H,19,20). The Morgan fingerprint density at radius 2 is 2.15 bits per heavy atom. The molecule has 0 saturated heterocycles. The number of pyridine rings is 1. The number of nitrogens with one attached hydrogen (secondary N) is 2. The maximum Gasteiger partial charge on any atom is 0.259 e. The first-order chi connectivity index (χ1) is 9.61. The Morgan fingerprint density at radius 3 is 2.85 bits per heavy atom. The first-order valence-corrected chi connectivity index (χ1v) is 7.51. The highest BCUT2D eigenvalue weighted by molar-refractivity contribution is 14.1. The third-order valence-electron chi connectivity index (χ3n) is 2.61. The van der Waals surface area contributed by atoms with Crippen molar-refractivity contribution in [2.24, 2.45) is 0 Å².